The third-order valence-electron chi connectivity index (χ3n) is 11.2. The van der Waals surface area contributed by atoms with Gasteiger partial charge in [-0.15, -0.1) is 0 Å². The molecule has 0 radical (unpaired) electrons. The number of nitrogens with zero attached hydrogens (tertiary/aromatic N) is 4. The molecular formula is C48H44N4. The Kier molecular flexibility index (Phi) is 7.05. The molecule has 0 N–H and O–H groups in total. The van der Waals surface area contributed by atoms with Gasteiger partial charge in [0.15, 0.2) is 0 Å². The molecule has 52 heavy (non-hydrogen) atoms. The Morgan fingerprint density at radius 2 is 1.23 bits per heavy atom. The van der Waals surface area contributed by atoms with Gasteiger partial charge in [0.25, 0.3) is 0 Å². The van der Waals surface area contributed by atoms with Crippen molar-refractivity contribution in [2.24, 2.45) is 7.05 Å². The van der Waals surface area contributed by atoms with E-state index in [9.17, 15) is 0 Å². The molecule has 0 unspecified atom stereocenters. The molecule has 0 aliphatic heterocycles. The fraction of sp³-hybridized carbons (Fsp3) is 0.208. The lowest BCUT2D eigenvalue weighted by Crippen LogP contribution is -2.30. The van der Waals surface area contributed by atoms with Crippen molar-refractivity contribution >= 4 is 21.8 Å². The molecule has 256 valence electrons. The van der Waals surface area contributed by atoms with E-state index in [1.807, 2.05) is 31.7 Å². The normalized spacial score (nSPS) is 13.8. The molecule has 0 bridgehead atoms. The molecule has 5 aromatic carbocycles. The molecule has 9 rings (SSSR count). The third-order valence-corrected chi connectivity index (χ3v) is 11.2. The maximum Gasteiger partial charge on any atom is 0.139 e. The predicted octanol–water partition coefficient (Wildman–Crippen LogP) is 11.5. The van der Waals surface area contributed by atoms with Gasteiger partial charge in [-0.1, -0.05) is 126 Å². The van der Waals surface area contributed by atoms with E-state index >= 15 is 0 Å². The van der Waals surface area contributed by atoms with Crippen LogP contribution >= 0.6 is 0 Å². The van der Waals surface area contributed by atoms with Gasteiger partial charge in [-0.05, 0) is 86.2 Å². The van der Waals surface area contributed by atoms with Gasteiger partial charge in [-0.3, -0.25) is 4.98 Å². The summed E-state index contributed by atoms with van der Waals surface area (Å²) in [7, 11) is 2.05. The SMILES string of the molecule is Cn1ccnc1-c1cccc(-n2c3ccccc3c3ccc(C4(c5ccccn5)c5cc(C(C)(C)C)ccc5-c5ccc(C(C)(C)C)cc54)cc32)c1. The summed E-state index contributed by atoms with van der Waals surface area (Å²) in [5, 5.41) is 2.46. The number of hydrogen-bond acceptors (Lipinski definition) is 2. The maximum atomic E-state index is 5.23. The molecule has 0 saturated carbocycles. The second kappa shape index (κ2) is 11.4. The number of hydrogen-bond donors (Lipinski definition) is 0. The van der Waals surface area contributed by atoms with Gasteiger partial charge in [0.1, 0.15) is 5.82 Å². The minimum atomic E-state index is -0.640. The molecule has 0 fully saturated rings. The van der Waals surface area contributed by atoms with Gasteiger partial charge >= 0.3 is 0 Å². The molecular weight excluding hydrogens is 633 g/mol. The number of rotatable bonds is 4. The third kappa shape index (κ3) is 4.74. The van der Waals surface area contributed by atoms with E-state index in [0.717, 1.165) is 22.8 Å². The molecule has 0 amide bonds. The van der Waals surface area contributed by atoms with Crippen molar-refractivity contribution in [3.63, 3.8) is 0 Å². The first-order valence-electron chi connectivity index (χ1n) is 18.3. The highest BCUT2D eigenvalue weighted by molar-refractivity contribution is 6.09. The summed E-state index contributed by atoms with van der Waals surface area (Å²) in [6, 6.07) is 45.4. The van der Waals surface area contributed by atoms with Crippen LogP contribution in [0, 0.1) is 0 Å². The molecule has 1 aliphatic rings. The average molecular weight is 677 g/mol. The zero-order valence-corrected chi connectivity index (χ0v) is 31.1. The zero-order chi connectivity index (χ0) is 36.0. The Morgan fingerprint density at radius 1 is 0.558 bits per heavy atom. The molecule has 4 nitrogen and oxygen atoms in total. The van der Waals surface area contributed by atoms with Crippen molar-refractivity contribution in [1.29, 1.82) is 0 Å². The van der Waals surface area contributed by atoms with Crippen LogP contribution in [0.3, 0.4) is 0 Å². The summed E-state index contributed by atoms with van der Waals surface area (Å²) in [5.41, 5.74) is 13.9. The van der Waals surface area contributed by atoms with E-state index in [1.54, 1.807) is 0 Å². The Bertz CT molecular complexity index is 2600. The number of aryl methyl sites for hydroxylation is 1. The molecule has 0 atom stereocenters. The second-order valence-electron chi connectivity index (χ2n) is 16.5. The number of pyridine rings is 1. The first-order valence-corrected chi connectivity index (χ1v) is 18.3. The second-order valence-corrected chi connectivity index (χ2v) is 16.5. The van der Waals surface area contributed by atoms with Gasteiger partial charge in [0.2, 0.25) is 0 Å². The Morgan fingerprint density at radius 3 is 1.87 bits per heavy atom. The number of para-hydroxylation sites is 1. The van der Waals surface area contributed by atoms with E-state index in [4.69, 9.17) is 4.98 Å². The Labute approximate surface area is 306 Å². The number of fused-ring (bicyclic) bond motifs is 6. The van der Waals surface area contributed by atoms with Crippen LogP contribution in [0.1, 0.15) is 75.1 Å². The standard InChI is InChI=1S/C48H44N4/c1-46(2,3)32-18-21-36-37-22-19-33(47(4,5)6)29-41(37)48(40(36)28-32,44-17-10-11-24-49-44)34-20-23-39-38-15-8-9-16-42(38)52(43(39)30-34)35-14-12-13-31(27-35)45-50-25-26-51(45)7/h8-30H,1-7H3. The van der Waals surface area contributed by atoms with Crippen LogP contribution in [0.15, 0.2) is 140 Å². The summed E-state index contributed by atoms with van der Waals surface area (Å²) in [6.45, 7) is 13.8. The summed E-state index contributed by atoms with van der Waals surface area (Å²) in [5.74, 6) is 0.945. The lowest BCUT2D eigenvalue weighted by molar-refractivity contribution is 0.585. The number of aromatic nitrogens is 4. The van der Waals surface area contributed by atoms with Crippen molar-refractivity contribution in [2.75, 3.05) is 0 Å². The van der Waals surface area contributed by atoms with E-state index < -0.39 is 5.41 Å². The van der Waals surface area contributed by atoms with Gasteiger partial charge in [0, 0.05) is 47.7 Å². The summed E-state index contributed by atoms with van der Waals surface area (Å²) < 4.78 is 4.51. The smallest absolute Gasteiger partial charge is 0.139 e. The highest BCUT2D eigenvalue weighted by Gasteiger charge is 2.48. The summed E-state index contributed by atoms with van der Waals surface area (Å²) >= 11 is 0. The first kappa shape index (κ1) is 32.2. The van der Waals surface area contributed by atoms with Gasteiger partial charge in [-0.2, -0.15) is 0 Å². The maximum absolute atomic E-state index is 5.23. The van der Waals surface area contributed by atoms with Crippen molar-refractivity contribution in [2.45, 2.75) is 57.8 Å². The van der Waals surface area contributed by atoms with Crippen molar-refractivity contribution in [1.82, 2.24) is 19.1 Å². The van der Waals surface area contributed by atoms with Crippen LogP contribution in [0.25, 0.3) is 50.0 Å². The largest absolute Gasteiger partial charge is 0.334 e. The van der Waals surface area contributed by atoms with Crippen LogP contribution < -0.4 is 0 Å². The average Bonchev–Trinajstić information content (AvgIpc) is 3.81. The topological polar surface area (TPSA) is 35.6 Å². The monoisotopic (exact) mass is 676 g/mol. The summed E-state index contributed by atoms with van der Waals surface area (Å²) in [6.07, 6.45) is 5.81. The minimum absolute atomic E-state index is 0.0230. The van der Waals surface area contributed by atoms with E-state index in [-0.39, 0.29) is 10.8 Å². The van der Waals surface area contributed by atoms with Crippen molar-refractivity contribution in [3.8, 4) is 28.2 Å². The molecule has 4 heteroatoms. The van der Waals surface area contributed by atoms with Gasteiger partial charge < -0.3 is 9.13 Å². The quantitative estimate of drug-likeness (QED) is 0.186. The van der Waals surface area contributed by atoms with E-state index in [1.165, 1.54) is 60.8 Å². The lowest BCUT2D eigenvalue weighted by Gasteiger charge is -2.34. The number of benzene rings is 5. The van der Waals surface area contributed by atoms with Crippen molar-refractivity contribution < 1.29 is 0 Å². The van der Waals surface area contributed by atoms with Crippen LogP contribution in [0.5, 0.6) is 0 Å². The number of imidazole rings is 1. The van der Waals surface area contributed by atoms with Crippen LogP contribution in [-0.4, -0.2) is 19.1 Å². The van der Waals surface area contributed by atoms with Gasteiger partial charge in [0.05, 0.1) is 22.1 Å². The van der Waals surface area contributed by atoms with E-state index in [2.05, 4.69) is 171 Å². The van der Waals surface area contributed by atoms with Crippen LogP contribution in [0.2, 0.25) is 0 Å². The van der Waals surface area contributed by atoms with Crippen LogP contribution in [-0.2, 0) is 23.3 Å². The molecule has 8 aromatic rings. The zero-order valence-electron chi connectivity index (χ0n) is 31.1. The molecule has 1 aliphatic carbocycles. The fourth-order valence-electron chi connectivity index (χ4n) is 8.49. The summed E-state index contributed by atoms with van der Waals surface area (Å²) in [4.78, 5) is 9.91. The Hall–Kier alpha value is -5.74. The lowest BCUT2D eigenvalue weighted by atomic mass is 9.68. The molecule has 3 aromatic heterocycles. The molecule has 0 spiro atoms. The molecule has 0 saturated heterocycles. The highest BCUT2D eigenvalue weighted by atomic mass is 15.0. The fourth-order valence-corrected chi connectivity index (χ4v) is 8.49. The van der Waals surface area contributed by atoms with Crippen LogP contribution in [0.4, 0.5) is 0 Å². The molecule has 3 heterocycles. The van der Waals surface area contributed by atoms with E-state index in [0.29, 0.717) is 0 Å². The first-order chi connectivity index (χ1) is 25.0. The minimum Gasteiger partial charge on any atom is -0.334 e. The highest BCUT2D eigenvalue weighted by Crippen LogP contribution is 2.57. The Balaban J connectivity index is 1.41. The van der Waals surface area contributed by atoms with Gasteiger partial charge in [-0.25, -0.2) is 4.98 Å². The van der Waals surface area contributed by atoms with Crippen molar-refractivity contribution in [3.05, 3.63) is 173 Å². The predicted molar refractivity (Wildman–Crippen MR) is 215 cm³/mol.